The van der Waals surface area contributed by atoms with Crippen molar-refractivity contribution in [2.24, 2.45) is 4.99 Å². The molecule has 0 unspecified atom stereocenters. The second-order valence-corrected chi connectivity index (χ2v) is 17.5. The zero-order chi connectivity index (χ0) is 47.0. The van der Waals surface area contributed by atoms with Gasteiger partial charge in [0.25, 0.3) is 0 Å². The van der Waals surface area contributed by atoms with Crippen molar-refractivity contribution in [1.82, 2.24) is 0 Å². The molecule has 0 saturated carbocycles. The van der Waals surface area contributed by atoms with E-state index in [2.05, 4.69) is 227 Å². The van der Waals surface area contributed by atoms with E-state index in [0.29, 0.717) is 0 Å². The molecule has 0 atom stereocenters. The van der Waals surface area contributed by atoms with Crippen molar-refractivity contribution in [3.8, 4) is 22.3 Å². The Morgan fingerprint density at radius 2 is 0.667 bits per heavy atom. The Hall–Kier alpha value is -7.35. The molecule has 0 spiro atoms. The first kappa shape index (κ1) is 48.1. The van der Waals surface area contributed by atoms with Crippen LogP contribution in [0.1, 0.15) is 73.7 Å². The summed E-state index contributed by atoms with van der Waals surface area (Å²) in [5.41, 5.74) is 21.9. The molecule has 0 heterocycles. The van der Waals surface area contributed by atoms with Gasteiger partial charge >= 0.3 is 0 Å². The Balaban J connectivity index is 0.000000278. The largest absolute Gasteiger partial charge is 0.252 e. The van der Waals surface area contributed by atoms with Crippen LogP contribution in [0.3, 0.4) is 0 Å². The Kier molecular flexibility index (Phi) is 17.2. The lowest BCUT2D eigenvalue weighted by Crippen LogP contribution is -1.98. The van der Waals surface area contributed by atoms with Crippen LogP contribution in [0.15, 0.2) is 205 Å². The van der Waals surface area contributed by atoms with Crippen LogP contribution < -0.4 is 0 Å². The summed E-state index contributed by atoms with van der Waals surface area (Å²) < 4.78 is 0. The predicted octanol–water partition coefficient (Wildman–Crippen LogP) is 18.3. The lowest BCUT2D eigenvalue weighted by molar-refractivity contribution is 1.35. The SMILES string of the molecule is CC(=Nc1c(C)c(-c2cc(C)cc(C)c2)c2ccccc2c1-c1cc(C)cc(C)c1)c1ccc(/C=C/c2ccc(C)cc2)cc1.Cc1ccccc1.Cc1ccccc1.Cc1ccccc1. The number of aliphatic imine (C=N–C) groups is 1. The molecule has 9 aromatic carbocycles. The van der Waals surface area contributed by atoms with Crippen LogP contribution in [0.2, 0.25) is 0 Å². The fraction of sp³-hybridized carbons (Fsp3) is 0.154. The standard InChI is InChI=1S/C44H41N.3C7H8/c1-28-12-14-35(15-13-28)16-17-36-18-20-37(21-19-36)34(7)45-44-33(6)42(38-24-29(2)22-30(3)25-38)40-10-8-9-11-41(40)43(44)39-26-31(4)23-32(5)27-39;3*1-7-5-3-2-4-6-7/h8-27H,1-7H3;3*2-6H,1H3/b17-16+,45-34?;;;. The van der Waals surface area contributed by atoms with E-state index >= 15 is 0 Å². The third-order valence-corrected chi connectivity index (χ3v) is 11.4. The number of hydrogen-bond acceptors (Lipinski definition) is 1. The quantitative estimate of drug-likeness (QED) is 0.117. The normalized spacial score (nSPS) is 10.9. The predicted molar refractivity (Wildman–Crippen MR) is 290 cm³/mol. The first-order valence-electron chi connectivity index (χ1n) is 23.0. The van der Waals surface area contributed by atoms with Crippen molar-refractivity contribution < 1.29 is 0 Å². The van der Waals surface area contributed by atoms with E-state index in [1.54, 1.807) is 0 Å². The Morgan fingerprint density at radius 1 is 0.333 bits per heavy atom. The molecule has 0 N–H and O–H groups in total. The molecular weight excluding hydrogens is 795 g/mol. The highest BCUT2D eigenvalue weighted by Gasteiger charge is 2.20. The molecule has 66 heavy (non-hydrogen) atoms. The van der Waals surface area contributed by atoms with Crippen LogP contribution >= 0.6 is 0 Å². The van der Waals surface area contributed by atoms with Crippen LogP contribution in [0, 0.1) is 62.3 Å². The lowest BCUT2D eigenvalue weighted by Gasteiger charge is -2.21. The summed E-state index contributed by atoms with van der Waals surface area (Å²) in [4.78, 5) is 5.48. The van der Waals surface area contributed by atoms with E-state index in [4.69, 9.17) is 4.99 Å². The lowest BCUT2D eigenvalue weighted by atomic mass is 9.85. The zero-order valence-electron chi connectivity index (χ0n) is 40.7. The van der Waals surface area contributed by atoms with Gasteiger partial charge in [-0.05, 0) is 119 Å². The maximum Gasteiger partial charge on any atom is 0.0753 e. The second kappa shape index (κ2) is 23.5. The molecule has 0 aliphatic rings. The molecule has 0 fully saturated rings. The molecule has 9 aromatic rings. The topological polar surface area (TPSA) is 12.4 Å². The van der Waals surface area contributed by atoms with Gasteiger partial charge < -0.3 is 0 Å². The fourth-order valence-electron chi connectivity index (χ4n) is 8.14. The smallest absolute Gasteiger partial charge is 0.0753 e. The minimum atomic E-state index is 0.999. The second-order valence-electron chi connectivity index (χ2n) is 17.5. The third kappa shape index (κ3) is 13.8. The highest BCUT2D eigenvalue weighted by Crippen LogP contribution is 2.47. The summed E-state index contributed by atoms with van der Waals surface area (Å²) >= 11 is 0. The molecule has 330 valence electrons. The highest BCUT2D eigenvalue weighted by molar-refractivity contribution is 6.13. The molecule has 1 heteroatoms. The van der Waals surface area contributed by atoms with Gasteiger partial charge in [0, 0.05) is 11.3 Å². The molecule has 0 saturated heterocycles. The highest BCUT2D eigenvalue weighted by atomic mass is 14.8. The van der Waals surface area contributed by atoms with E-state index in [9.17, 15) is 0 Å². The zero-order valence-corrected chi connectivity index (χ0v) is 40.7. The van der Waals surface area contributed by atoms with Gasteiger partial charge in [0.15, 0.2) is 0 Å². The maximum atomic E-state index is 5.48. The summed E-state index contributed by atoms with van der Waals surface area (Å²) in [5.74, 6) is 0. The van der Waals surface area contributed by atoms with Gasteiger partial charge in [-0.3, -0.25) is 4.99 Å². The molecule has 0 aliphatic heterocycles. The number of rotatable bonds is 6. The van der Waals surface area contributed by atoms with E-state index < -0.39 is 0 Å². The van der Waals surface area contributed by atoms with Crippen molar-refractivity contribution in [2.45, 2.75) is 69.2 Å². The molecule has 9 rings (SSSR count). The number of benzene rings is 9. The van der Waals surface area contributed by atoms with Crippen LogP contribution in [-0.2, 0) is 0 Å². The van der Waals surface area contributed by atoms with Crippen LogP contribution in [0.25, 0.3) is 45.2 Å². The molecular formula is C65H65N. The summed E-state index contributed by atoms with van der Waals surface area (Å²) in [7, 11) is 0. The Bertz CT molecular complexity index is 2880. The van der Waals surface area contributed by atoms with Crippen molar-refractivity contribution in [3.63, 3.8) is 0 Å². The maximum absolute atomic E-state index is 5.48. The fourth-order valence-corrected chi connectivity index (χ4v) is 8.14. The van der Waals surface area contributed by atoms with Gasteiger partial charge in [0.05, 0.1) is 5.69 Å². The van der Waals surface area contributed by atoms with Crippen molar-refractivity contribution in [2.75, 3.05) is 0 Å². The van der Waals surface area contributed by atoms with Crippen molar-refractivity contribution in [1.29, 1.82) is 0 Å². The van der Waals surface area contributed by atoms with Crippen molar-refractivity contribution >= 4 is 34.3 Å². The minimum Gasteiger partial charge on any atom is -0.252 e. The van der Waals surface area contributed by atoms with Crippen LogP contribution in [-0.4, -0.2) is 5.71 Å². The summed E-state index contributed by atoms with van der Waals surface area (Å²) in [5, 5.41) is 2.49. The molecule has 0 aliphatic carbocycles. The molecule has 0 amide bonds. The van der Waals surface area contributed by atoms with Gasteiger partial charge in [-0.1, -0.05) is 257 Å². The number of fused-ring (bicyclic) bond motifs is 1. The third-order valence-electron chi connectivity index (χ3n) is 11.4. The Labute approximate surface area is 395 Å². The Morgan fingerprint density at radius 3 is 1.05 bits per heavy atom. The average molecular weight is 860 g/mol. The van der Waals surface area contributed by atoms with Gasteiger partial charge in [-0.15, -0.1) is 0 Å². The van der Waals surface area contributed by atoms with E-state index in [0.717, 1.165) is 17.0 Å². The monoisotopic (exact) mass is 860 g/mol. The van der Waals surface area contributed by atoms with E-state index in [1.165, 1.54) is 94.2 Å². The van der Waals surface area contributed by atoms with Gasteiger partial charge in [0.1, 0.15) is 0 Å². The molecule has 0 bridgehead atoms. The molecule has 0 radical (unpaired) electrons. The number of nitrogens with zero attached hydrogens (tertiary/aromatic N) is 1. The van der Waals surface area contributed by atoms with E-state index in [-0.39, 0.29) is 0 Å². The van der Waals surface area contributed by atoms with Gasteiger partial charge in [-0.2, -0.15) is 0 Å². The van der Waals surface area contributed by atoms with Gasteiger partial charge in [0.2, 0.25) is 0 Å². The molecule has 1 nitrogen and oxygen atoms in total. The van der Waals surface area contributed by atoms with Crippen molar-refractivity contribution in [3.05, 3.63) is 267 Å². The van der Waals surface area contributed by atoms with Crippen LogP contribution in [0.5, 0.6) is 0 Å². The summed E-state index contributed by atoms with van der Waals surface area (Å²) in [6.45, 7) is 21.5. The minimum absolute atomic E-state index is 0.999. The number of aryl methyl sites for hydroxylation is 8. The average Bonchev–Trinajstić information content (AvgIpc) is 3.30. The number of hydrogen-bond donors (Lipinski definition) is 0. The van der Waals surface area contributed by atoms with E-state index in [1.807, 2.05) is 54.6 Å². The first-order chi connectivity index (χ1) is 31.8. The first-order valence-corrected chi connectivity index (χ1v) is 23.0. The van der Waals surface area contributed by atoms with Crippen LogP contribution in [0.4, 0.5) is 5.69 Å². The van der Waals surface area contributed by atoms with Gasteiger partial charge in [-0.25, -0.2) is 0 Å². The summed E-state index contributed by atoms with van der Waals surface area (Å²) in [6.07, 6.45) is 4.33. The summed E-state index contributed by atoms with van der Waals surface area (Å²) in [6, 6.07) is 70.7. The molecule has 0 aromatic heterocycles.